The van der Waals surface area contributed by atoms with Crippen molar-refractivity contribution >= 4 is 82.4 Å². The van der Waals surface area contributed by atoms with Gasteiger partial charge in [-0.1, -0.05) is 188 Å². The molecule has 3 heteroatoms. The molecule has 12 aromatic carbocycles. The Hall–Kier alpha value is -9.44. The molecular weight excluding hydrogens is 861 g/mol. The Morgan fingerprint density at radius 1 is 0.282 bits per heavy atom. The van der Waals surface area contributed by atoms with E-state index in [9.17, 15) is 0 Å². The van der Waals surface area contributed by atoms with E-state index in [1.54, 1.807) is 0 Å². The Labute approximate surface area is 411 Å². The molecule has 0 fully saturated rings. The molecule has 14 aromatic rings. The third kappa shape index (κ3) is 6.89. The zero-order chi connectivity index (χ0) is 46.8. The lowest BCUT2D eigenvalue weighted by molar-refractivity contribution is 0.669. The molecule has 2 heterocycles. The van der Waals surface area contributed by atoms with Crippen LogP contribution in [0.25, 0.3) is 115 Å². The maximum Gasteiger partial charge on any atom is 0.136 e. The minimum Gasteiger partial charge on any atom is -0.456 e. The van der Waals surface area contributed by atoms with Crippen LogP contribution in [-0.4, -0.2) is 4.57 Å². The summed E-state index contributed by atoms with van der Waals surface area (Å²) in [5.41, 5.74) is 18.0. The monoisotopic (exact) mass is 904 g/mol. The molecule has 0 bridgehead atoms. The van der Waals surface area contributed by atoms with E-state index in [0.29, 0.717) is 0 Å². The number of rotatable bonds is 8. The molecule has 0 amide bonds. The Balaban J connectivity index is 0.813. The second-order valence-electron chi connectivity index (χ2n) is 18.4. The maximum atomic E-state index is 6.33. The number of nitrogens with zero attached hydrogens (tertiary/aromatic N) is 2. The van der Waals surface area contributed by atoms with Crippen LogP contribution in [0.4, 0.5) is 17.1 Å². The molecule has 0 aliphatic rings. The van der Waals surface area contributed by atoms with Crippen LogP contribution < -0.4 is 4.90 Å². The highest BCUT2D eigenvalue weighted by Gasteiger charge is 2.18. The van der Waals surface area contributed by atoms with E-state index in [0.717, 1.165) is 61.4 Å². The van der Waals surface area contributed by atoms with E-state index in [1.165, 1.54) is 71.2 Å². The molecule has 0 atom stereocenters. The Bertz CT molecular complexity index is 4260. The van der Waals surface area contributed by atoms with Crippen LogP contribution in [0.15, 0.2) is 271 Å². The van der Waals surface area contributed by atoms with Gasteiger partial charge in [0.05, 0.1) is 11.0 Å². The number of para-hydroxylation sites is 3. The quantitative estimate of drug-likeness (QED) is 0.142. The summed E-state index contributed by atoms with van der Waals surface area (Å²) in [6.07, 6.45) is 0. The molecule has 0 saturated carbocycles. The smallest absolute Gasteiger partial charge is 0.136 e. The van der Waals surface area contributed by atoms with Gasteiger partial charge < -0.3 is 13.9 Å². The molecule has 0 unspecified atom stereocenters. The number of benzene rings is 12. The topological polar surface area (TPSA) is 21.3 Å². The fourth-order valence-electron chi connectivity index (χ4n) is 11.0. The predicted octanol–water partition coefficient (Wildman–Crippen LogP) is 19.1. The van der Waals surface area contributed by atoms with Crippen molar-refractivity contribution in [2.24, 2.45) is 0 Å². The molecule has 14 rings (SSSR count). The van der Waals surface area contributed by atoms with Crippen molar-refractivity contribution in [3.05, 3.63) is 267 Å². The lowest BCUT2D eigenvalue weighted by Crippen LogP contribution is -2.10. The maximum absolute atomic E-state index is 6.33. The first kappa shape index (κ1) is 40.6. The third-order valence-electron chi connectivity index (χ3n) is 14.4. The van der Waals surface area contributed by atoms with Crippen molar-refractivity contribution in [2.45, 2.75) is 0 Å². The van der Waals surface area contributed by atoms with Crippen molar-refractivity contribution in [3.63, 3.8) is 0 Å². The van der Waals surface area contributed by atoms with Crippen molar-refractivity contribution in [1.29, 1.82) is 0 Å². The van der Waals surface area contributed by atoms with Crippen molar-refractivity contribution < 1.29 is 4.42 Å². The summed E-state index contributed by atoms with van der Waals surface area (Å²) in [5.74, 6) is 0. The van der Waals surface area contributed by atoms with Gasteiger partial charge in [-0.25, -0.2) is 0 Å². The second kappa shape index (κ2) is 16.7. The largest absolute Gasteiger partial charge is 0.456 e. The molecule has 0 spiro atoms. The van der Waals surface area contributed by atoms with E-state index in [1.807, 2.05) is 12.1 Å². The van der Waals surface area contributed by atoms with Gasteiger partial charge in [0.2, 0.25) is 0 Å². The van der Waals surface area contributed by atoms with Gasteiger partial charge in [-0.15, -0.1) is 0 Å². The number of hydrogen-bond donors (Lipinski definition) is 0. The SMILES string of the molecule is c1cc(-c2cccc3oc4ccccc4c23)cc(N(c2ccc(-c3ccc(-c4ccc(-n5c6ccccc6c6ccccc65)cc4)cc3)cc2)c2ccc(-c3cc4ccccc4c4ccccc34)cc2)c1. The van der Waals surface area contributed by atoms with Crippen molar-refractivity contribution in [2.75, 3.05) is 4.90 Å². The molecule has 2 aromatic heterocycles. The summed E-state index contributed by atoms with van der Waals surface area (Å²) in [4.78, 5) is 2.37. The van der Waals surface area contributed by atoms with Crippen LogP contribution in [0.3, 0.4) is 0 Å². The molecule has 332 valence electrons. The minimum absolute atomic E-state index is 0.889. The molecule has 3 nitrogen and oxygen atoms in total. The predicted molar refractivity (Wildman–Crippen MR) is 299 cm³/mol. The van der Waals surface area contributed by atoms with E-state index >= 15 is 0 Å². The van der Waals surface area contributed by atoms with Crippen molar-refractivity contribution in [1.82, 2.24) is 4.57 Å². The normalized spacial score (nSPS) is 11.7. The Morgan fingerprint density at radius 2 is 0.775 bits per heavy atom. The highest BCUT2D eigenvalue weighted by Crippen LogP contribution is 2.43. The van der Waals surface area contributed by atoms with Gasteiger partial charge in [0.15, 0.2) is 0 Å². The average Bonchev–Trinajstić information content (AvgIpc) is 4.00. The van der Waals surface area contributed by atoms with E-state index in [2.05, 4.69) is 264 Å². The summed E-state index contributed by atoms with van der Waals surface area (Å²) in [6.45, 7) is 0. The minimum atomic E-state index is 0.889. The van der Waals surface area contributed by atoms with E-state index < -0.39 is 0 Å². The lowest BCUT2D eigenvalue weighted by Gasteiger charge is -2.26. The van der Waals surface area contributed by atoms with Gasteiger partial charge in [-0.2, -0.15) is 0 Å². The molecule has 0 radical (unpaired) electrons. The first-order valence-electron chi connectivity index (χ1n) is 24.3. The Kier molecular flexibility index (Phi) is 9.53. The van der Waals surface area contributed by atoms with Crippen LogP contribution in [-0.2, 0) is 0 Å². The molecule has 0 aliphatic heterocycles. The summed E-state index contributed by atoms with van der Waals surface area (Å²) in [6, 6.07) is 96.6. The number of aromatic nitrogens is 1. The average molecular weight is 905 g/mol. The number of anilines is 3. The summed E-state index contributed by atoms with van der Waals surface area (Å²) >= 11 is 0. The zero-order valence-corrected chi connectivity index (χ0v) is 38.7. The molecular formula is C68H44N2O. The Morgan fingerprint density at radius 3 is 1.44 bits per heavy atom. The van der Waals surface area contributed by atoms with Crippen molar-refractivity contribution in [3.8, 4) is 50.2 Å². The number of furan rings is 1. The number of hydrogen-bond acceptors (Lipinski definition) is 2. The number of fused-ring (bicyclic) bond motifs is 9. The van der Waals surface area contributed by atoms with Crippen LogP contribution in [0.1, 0.15) is 0 Å². The van der Waals surface area contributed by atoms with E-state index in [-0.39, 0.29) is 0 Å². The summed E-state index contributed by atoms with van der Waals surface area (Å²) < 4.78 is 8.70. The van der Waals surface area contributed by atoms with Gasteiger partial charge in [-0.05, 0) is 145 Å². The fourth-order valence-corrected chi connectivity index (χ4v) is 11.0. The van der Waals surface area contributed by atoms with Crippen LogP contribution in [0, 0.1) is 0 Å². The van der Waals surface area contributed by atoms with Gasteiger partial charge in [0.25, 0.3) is 0 Å². The zero-order valence-electron chi connectivity index (χ0n) is 38.7. The van der Waals surface area contributed by atoms with Gasteiger partial charge >= 0.3 is 0 Å². The fraction of sp³-hybridized carbons (Fsp3) is 0. The van der Waals surface area contributed by atoms with Crippen LogP contribution >= 0.6 is 0 Å². The standard InChI is InChI=1S/C68H44N2O/c1-2-16-56-51(13-1)44-63(59-18-4-3-17-58(56)59)49-35-41-53(42-36-49)69(55-15-11-14-50(43-55)57-22-12-26-67-68(57)62-21-7-10-25-66(62)71-67)52-37-31-47(32-38-52)45-27-29-46(30-28-45)48-33-39-54(40-34-48)70-64-23-8-5-19-60(64)61-20-6-9-24-65(61)70/h1-44H. The molecule has 0 aliphatic carbocycles. The third-order valence-corrected chi connectivity index (χ3v) is 14.4. The highest BCUT2D eigenvalue weighted by molar-refractivity contribution is 6.15. The van der Waals surface area contributed by atoms with E-state index in [4.69, 9.17) is 4.42 Å². The van der Waals surface area contributed by atoms with Gasteiger partial charge in [0.1, 0.15) is 11.2 Å². The summed E-state index contributed by atoms with van der Waals surface area (Å²) in [5, 5.41) is 9.82. The molecule has 71 heavy (non-hydrogen) atoms. The summed E-state index contributed by atoms with van der Waals surface area (Å²) in [7, 11) is 0. The van der Waals surface area contributed by atoms with Crippen LogP contribution in [0.2, 0.25) is 0 Å². The molecule has 0 saturated heterocycles. The second-order valence-corrected chi connectivity index (χ2v) is 18.4. The first-order chi connectivity index (χ1) is 35.2. The lowest BCUT2D eigenvalue weighted by atomic mass is 9.93. The highest BCUT2D eigenvalue weighted by atomic mass is 16.3. The molecule has 0 N–H and O–H groups in total. The van der Waals surface area contributed by atoms with Gasteiger partial charge in [0, 0.05) is 44.3 Å². The van der Waals surface area contributed by atoms with Crippen LogP contribution in [0.5, 0.6) is 0 Å². The first-order valence-corrected chi connectivity index (χ1v) is 24.3. The van der Waals surface area contributed by atoms with Gasteiger partial charge in [-0.3, -0.25) is 0 Å².